The molecule has 0 aromatic rings. The molecule has 5 N–H and O–H groups in total. The van der Waals surface area contributed by atoms with E-state index >= 15 is 0 Å². The third-order valence-electron chi connectivity index (χ3n) is 3.33. The first kappa shape index (κ1) is 24.0. The quantitative estimate of drug-likeness (QED) is 0.476. The Morgan fingerprint density at radius 1 is 1.08 bits per heavy atom. The number of alkyl carbamates (subject to hydrolysis) is 1. The number of carboxylic acid groups (broad SMARTS) is 1. The van der Waals surface area contributed by atoms with Gasteiger partial charge in [-0.25, -0.2) is 9.59 Å². The molecular formula is C17H34N4O5. The van der Waals surface area contributed by atoms with E-state index in [4.69, 9.17) is 10.5 Å². The minimum absolute atomic E-state index is 0.0873. The monoisotopic (exact) mass is 374 g/mol. The van der Waals surface area contributed by atoms with Gasteiger partial charge in [-0.1, -0.05) is 0 Å². The van der Waals surface area contributed by atoms with Crippen molar-refractivity contribution in [3.63, 3.8) is 0 Å². The normalized spacial score (nSPS) is 12.9. The first-order valence-corrected chi connectivity index (χ1v) is 8.72. The van der Waals surface area contributed by atoms with Gasteiger partial charge in [0.25, 0.3) is 0 Å². The Hall–Kier alpha value is -2.03. The second-order valence-electron chi connectivity index (χ2n) is 8.14. The van der Waals surface area contributed by atoms with Crippen molar-refractivity contribution in [2.24, 2.45) is 5.73 Å². The fourth-order valence-electron chi connectivity index (χ4n) is 2.11. The van der Waals surface area contributed by atoms with Crippen LogP contribution < -0.4 is 16.4 Å². The molecule has 0 aliphatic heterocycles. The highest BCUT2D eigenvalue weighted by molar-refractivity contribution is 5.76. The van der Waals surface area contributed by atoms with E-state index in [1.807, 2.05) is 0 Å². The highest BCUT2D eigenvalue weighted by Gasteiger charge is 2.26. The first-order chi connectivity index (χ1) is 11.7. The molecule has 0 aromatic carbocycles. The lowest BCUT2D eigenvalue weighted by Crippen LogP contribution is -2.47. The molecule has 0 spiro atoms. The van der Waals surface area contributed by atoms with Gasteiger partial charge in [0.1, 0.15) is 5.60 Å². The van der Waals surface area contributed by atoms with Crippen LogP contribution in [0.2, 0.25) is 0 Å². The number of ether oxygens (including phenoxy) is 1. The number of carbonyl (C=O) groups is 3. The highest BCUT2D eigenvalue weighted by atomic mass is 16.6. The number of hydrogen-bond acceptors (Lipinski definition) is 5. The molecule has 26 heavy (non-hydrogen) atoms. The Bertz CT molecular complexity index is 483. The number of carbonyl (C=O) groups excluding carboxylic acids is 2. The van der Waals surface area contributed by atoms with Crippen molar-refractivity contribution in [2.45, 2.75) is 71.6 Å². The van der Waals surface area contributed by atoms with Crippen LogP contribution in [0.4, 0.5) is 9.59 Å². The van der Waals surface area contributed by atoms with E-state index < -0.39 is 29.4 Å². The van der Waals surface area contributed by atoms with Gasteiger partial charge in [-0.2, -0.15) is 0 Å². The summed E-state index contributed by atoms with van der Waals surface area (Å²) in [6, 6.07) is -0.446. The Kier molecular flexibility index (Phi) is 9.40. The number of nitrogens with one attached hydrogen (secondary N) is 2. The summed E-state index contributed by atoms with van der Waals surface area (Å²) in [5.74, 6) is -0.249. The maximum atomic E-state index is 11.8. The van der Waals surface area contributed by atoms with Crippen LogP contribution in [0.3, 0.4) is 0 Å². The van der Waals surface area contributed by atoms with Crippen molar-refractivity contribution in [1.29, 1.82) is 0 Å². The number of hydrogen-bond donors (Lipinski definition) is 4. The molecule has 0 saturated carbocycles. The summed E-state index contributed by atoms with van der Waals surface area (Å²) in [4.78, 5) is 35.8. The molecule has 0 saturated heterocycles. The molecule has 0 aliphatic carbocycles. The van der Waals surface area contributed by atoms with Crippen molar-refractivity contribution >= 4 is 18.1 Å². The lowest BCUT2D eigenvalue weighted by molar-refractivity contribution is -0.121. The summed E-state index contributed by atoms with van der Waals surface area (Å²) >= 11 is 0. The summed E-state index contributed by atoms with van der Waals surface area (Å²) in [7, 11) is 0. The molecule has 0 fully saturated rings. The van der Waals surface area contributed by atoms with Crippen LogP contribution in [0.1, 0.15) is 54.4 Å². The zero-order valence-electron chi connectivity index (χ0n) is 16.7. The van der Waals surface area contributed by atoms with Crippen LogP contribution in [0.5, 0.6) is 0 Å². The van der Waals surface area contributed by atoms with E-state index in [0.717, 1.165) is 0 Å². The Labute approximate surface area is 155 Å². The Morgan fingerprint density at radius 2 is 1.62 bits per heavy atom. The average molecular weight is 374 g/mol. The van der Waals surface area contributed by atoms with Gasteiger partial charge < -0.3 is 31.1 Å². The Morgan fingerprint density at radius 3 is 2.08 bits per heavy atom. The van der Waals surface area contributed by atoms with E-state index in [1.54, 1.807) is 41.5 Å². The van der Waals surface area contributed by atoms with Crippen molar-refractivity contribution < 1.29 is 24.2 Å². The second kappa shape index (κ2) is 10.2. The van der Waals surface area contributed by atoms with Gasteiger partial charge in [-0.05, 0) is 48.0 Å². The van der Waals surface area contributed by atoms with Crippen LogP contribution in [0.25, 0.3) is 0 Å². The molecule has 1 unspecified atom stereocenters. The molecule has 0 aliphatic rings. The minimum atomic E-state index is -1.01. The number of nitrogens with two attached hydrogens (primary N) is 1. The summed E-state index contributed by atoms with van der Waals surface area (Å²) in [6.07, 6.45) is -1.08. The van der Waals surface area contributed by atoms with Gasteiger partial charge in [-0.15, -0.1) is 0 Å². The van der Waals surface area contributed by atoms with Gasteiger partial charge in [0.2, 0.25) is 5.91 Å². The van der Waals surface area contributed by atoms with Crippen molar-refractivity contribution in [3.8, 4) is 0 Å². The summed E-state index contributed by atoms with van der Waals surface area (Å²) in [6.45, 7) is 11.5. The van der Waals surface area contributed by atoms with E-state index in [9.17, 15) is 19.5 Å². The van der Waals surface area contributed by atoms with E-state index in [0.29, 0.717) is 6.42 Å². The molecule has 9 heteroatoms. The van der Waals surface area contributed by atoms with Gasteiger partial charge in [0.15, 0.2) is 0 Å². The van der Waals surface area contributed by atoms with E-state index in [1.165, 1.54) is 4.90 Å². The zero-order valence-corrected chi connectivity index (χ0v) is 16.7. The number of amides is 3. The van der Waals surface area contributed by atoms with Gasteiger partial charge in [-0.3, -0.25) is 4.79 Å². The number of nitrogens with zero attached hydrogens (tertiary/aromatic N) is 1. The minimum Gasteiger partial charge on any atom is -0.465 e. The predicted octanol–water partition coefficient (Wildman–Crippen LogP) is 1.51. The average Bonchev–Trinajstić information content (AvgIpc) is 2.39. The highest BCUT2D eigenvalue weighted by Crippen LogP contribution is 2.14. The van der Waals surface area contributed by atoms with Crippen molar-refractivity contribution in [1.82, 2.24) is 15.5 Å². The van der Waals surface area contributed by atoms with E-state index in [-0.39, 0.29) is 32.0 Å². The molecule has 0 rings (SSSR count). The van der Waals surface area contributed by atoms with Gasteiger partial charge >= 0.3 is 12.2 Å². The summed E-state index contributed by atoms with van der Waals surface area (Å²) in [5, 5.41) is 14.4. The molecule has 0 heterocycles. The topological polar surface area (TPSA) is 134 Å². The van der Waals surface area contributed by atoms with Gasteiger partial charge in [0, 0.05) is 37.6 Å². The second-order valence-corrected chi connectivity index (χ2v) is 8.14. The fraction of sp³-hybridized carbons (Fsp3) is 0.824. The zero-order chi connectivity index (χ0) is 20.5. The molecule has 0 bridgehead atoms. The maximum absolute atomic E-state index is 11.8. The van der Waals surface area contributed by atoms with Crippen LogP contribution in [-0.2, 0) is 9.53 Å². The smallest absolute Gasteiger partial charge is 0.407 e. The first-order valence-electron chi connectivity index (χ1n) is 8.72. The standard InChI is InChI=1S/C17H34N4O5/c1-16(2,3)21(15(24)25)10-7-12(18)11-13(22)19-8-9-20-14(23)26-17(4,5)6/h12H,7-11,18H2,1-6H3,(H,19,22)(H,20,23)(H,24,25). The summed E-state index contributed by atoms with van der Waals surface area (Å²) < 4.78 is 5.08. The largest absolute Gasteiger partial charge is 0.465 e. The Balaban J connectivity index is 4.06. The lowest BCUT2D eigenvalue weighted by atomic mass is 10.0. The van der Waals surface area contributed by atoms with Crippen LogP contribution in [-0.4, -0.2) is 64.9 Å². The molecule has 9 nitrogen and oxygen atoms in total. The number of rotatable bonds is 8. The molecule has 0 radical (unpaired) electrons. The SMILES string of the molecule is CC(C)(C)OC(=O)NCCNC(=O)CC(N)CCN(C(=O)O)C(C)(C)C. The van der Waals surface area contributed by atoms with Crippen molar-refractivity contribution in [2.75, 3.05) is 19.6 Å². The third-order valence-corrected chi connectivity index (χ3v) is 3.33. The molecular weight excluding hydrogens is 340 g/mol. The fourth-order valence-corrected chi connectivity index (χ4v) is 2.11. The van der Waals surface area contributed by atoms with Crippen LogP contribution >= 0.6 is 0 Å². The third kappa shape index (κ3) is 11.5. The molecule has 0 aromatic heterocycles. The lowest BCUT2D eigenvalue weighted by Gasteiger charge is -2.33. The van der Waals surface area contributed by atoms with Crippen molar-refractivity contribution in [3.05, 3.63) is 0 Å². The van der Waals surface area contributed by atoms with Crippen LogP contribution in [0.15, 0.2) is 0 Å². The van der Waals surface area contributed by atoms with Crippen LogP contribution in [0, 0.1) is 0 Å². The maximum Gasteiger partial charge on any atom is 0.407 e. The predicted molar refractivity (Wildman–Crippen MR) is 98.9 cm³/mol. The van der Waals surface area contributed by atoms with E-state index in [2.05, 4.69) is 10.6 Å². The summed E-state index contributed by atoms with van der Waals surface area (Å²) in [5.41, 5.74) is 4.82. The van der Waals surface area contributed by atoms with Gasteiger partial charge in [0.05, 0.1) is 0 Å². The molecule has 3 amide bonds. The molecule has 1 atom stereocenters. The molecule has 152 valence electrons.